The van der Waals surface area contributed by atoms with Crippen LogP contribution >= 0.6 is 0 Å². The molecule has 2 rings (SSSR count). The van der Waals surface area contributed by atoms with Crippen molar-refractivity contribution in [2.75, 3.05) is 33.2 Å². The van der Waals surface area contributed by atoms with Crippen LogP contribution in [0.3, 0.4) is 0 Å². The van der Waals surface area contributed by atoms with E-state index < -0.39 is 0 Å². The molecule has 2 aliphatic rings. The zero-order chi connectivity index (χ0) is 14.0. The lowest BCUT2D eigenvalue weighted by atomic mass is 9.86. The van der Waals surface area contributed by atoms with Crippen molar-refractivity contribution in [1.29, 1.82) is 0 Å². The summed E-state index contributed by atoms with van der Waals surface area (Å²) in [5.41, 5.74) is 0. The molecule has 2 nitrogen and oxygen atoms in total. The van der Waals surface area contributed by atoms with Crippen LogP contribution in [0.5, 0.6) is 0 Å². The quantitative estimate of drug-likeness (QED) is 0.703. The van der Waals surface area contributed by atoms with Gasteiger partial charge >= 0.3 is 0 Å². The molecule has 0 N–H and O–H groups in total. The van der Waals surface area contributed by atoms with Gasteiger partial charge < -0.3 is 4.90 Å². The molecular weight excluding hydrogens is 220 g/mol. The molecular formula is C16H36N2. The molecule has 0 aromatic heterocycles. The largest absolute Gasteiger partial charge is 0.304 e. The summed E-state index contributed by atoms with van der Waals surface area (Å²) in [7, 11) is 2.24. The van der Waals surface area contributed by atoms with E-state index in [2.05, 4.69) is 23.8 Å². The van der Waals surface area contributed by atoms with Crippen molar-refractivity contribution in [3.63, 3.8) is 0 Å². The van der Waals surface area contributed by atoms with Gasteiger partial charge in [0, 0.05) is 32.2 Å². The van der Waals surface area contributed by atoms with E-state index in [1.54, 1.807) is 0 Å². The number of likely N-dealkylation sites (N-methyl/N-ethyl adjacent to an activating group) is 1. The summed E-state index contributed by atoms with van der Waals surface area (Å²) in [4.78, 5) is 5.17. The number of hydrogen-bond donors (Lipinski definition) is 0. The second-order valence-corrected chi connectivity index (χ2v) is 5.25. The first kappa shape index (κ1) is 17.9. The van der Waals surface area contributed by atoms with Gasteiger partial charge in [-0.2, -0.15) is 0 Å². The van der Waals surface area contributed by atoms with E-state index in [9.17, 15) is 0 Å². The van der Waals surface area contributed by atoms with E-state index >= 15 is 0 Å². The Morgan fingerprint density at radius 2 is 1.17 bits per heavy atom. The summed E-state index contributed by atoms with van der Waals surface area (Å²) in [6.45, 7) is 15.5. The Bertz CT molecular complexity index is 146. The zero-order valence-electron chi connectivity index (χ0n) is 13.7. The minimum absolute atomic E-state index is 0.917. The fourth-order valence-corrected chi connectivity index (χ4v) is 2.79. The lowest BCUT2D eigenvalue weighted by Gasteiger charge is -2.40. The van der Waals surface area contributed by atoms with E-state index in [0.29, 0.717) is 0 Å². The van der Waals surface area contributed by atoms with Crippen LogP contribution in [-0.4, -0.2) is 49.1 Å². The van der Waals surface area contributed by atoms with Gasteiger partial charge in [0.25, 0.3) is 0 Å². The Morgan fingerprint density at radius 1 is 0.722 bits per heavy atom. The van der Waals surface area contributed by atoms with Crippen molar-refractivity contribution in [3.05, 3.63) is 0 Å². The second-order valence-electron chi connectivity index (χ2n) is 5.25. The van der Waals surface area contributed by atoms with E-state index in [1.165, 1.54) is 51.9 Å². The van der Waals surface area contributed by atoms with Crippen molar-refractivity contribution >= 4 is 0 Å². The molecule has 0 atom stereocenters. The highest BCUT2D eigenvalue weighted by Gasteiger charge is 2.25. The average molecular weight is 256 g/mol. The number of rotatable bonds is 1. The molecule has 2 fully saturated rings. The first-order chi connectivity index (χ1) is 8.75. The molecule has 0 unspecified atom stereocenters. The molecule has 1 aliphatic heterocycles. The van der Waals surface area contributed by atoms with Crippen molar-refractivity contribution in [2.24, 2.45) is 5.92 Å². The van der Waals surface area contributed by atoms with Crippen LogP contribution in [0.2, 0.25) is 0 Å². The summed E-state index contributed by atoms with van der Waals surface area (Å²) in [6.07, 6.45) is 5.81. The Labute approximate surface area is 116 Å². The smallest absolute Gasteiger partial charge is 0.0113 e. The molecule has 1 saturated heterocycles. The standard InChI is InChI=1S/C12H24N2.2C2H6/c1-11-3-5-12(6-4-11)14-9-7-13(2)8-10-14;2*1-2/h11-12H,3-10H2,1-2H3;2*1-2H3. The molecule has 0 spiro atoms. The van der Waals surface area contributed by atoms with Crippen LogP contribution in [0, 0.1) is 5.92 Å². The maximum atomic E-state index is 2.73. The number of nitrogens with zero attached hydrogens (tertiary/aromatic N) is 2. The monoisotopic (exact) mass is 256 g/mol. The summed E-state index contributed by atoms with van der Waals surface area (Å²) in [5.74, 6) is 0.985. The molecule has 0 aromatic carbocycles. The molecule has 0 aromatic rings. The summed E-state index contributed by atoms with van der Waals surface area (Å²) < 4.78 is 0. The maximum Gasteiger partial charge on any atom is 0.0113 e. The van der Waals surface area contributed by atoms with Gasteiger partial charge in [-0.25, -0.2) is 0 Å². The molecule has 110 valence electrons. The van der Waals surface area contributed by atoms with E-state index in [1.807, 2.05) is 27.7 Å². The third-order valence-electron chi connectivity index (χ3n) is 4.04. The van der Waals surface area contributed by atoms with E-state index in [0.717, 1.165) is 12.0 Å². The maximum absolute atomic E-state index is 2.73. The predicted octanol–water partition coefficient (Wildman–Crippen LogP) is 3.86. The lowest BCUT2D eigenvalue weighted by molar-refractivity contribution is 0.0832. The molecule has 1 heterocycles. The topological polar surface area (TPSA) is 6.48 Å². The highest BCUT2D eigenvalue weighted by atomic mass is 15.3. The summed E-state index contributed by atoms with van der Waals surface area (Å²) in [6, 6.07) is 0.917. The molecule has 1 aliphatic carbocycles. The Hall–Kier alpha value is -0.0800. The van der Waals surface area contributed by atoms with Gasteiger partial charge in [-0.05, 0) is 38.6 Å². The van der Waals surface area contributed by atoms with E-state index in [4.69, 9.17) is 0 Å². The minimum atomic E-state index is 0.917. The Balaban J connectivity index is 0.000000659. The van der Waals surface area contributed by atoms with Crippen LogP contribution in [0.4, 0.5) is 0 Å². The van der Waals surface area contributed by atoms with Crippen LogP contribution in [-0.2, 0) is 0 Å². The van der Waals surface area contributed by atoms with Crippen molar-refractivity contribution < 1.29 is 0 Å². The molecule has 0 radical (unpaired) electrons. The SMILES string of the molecule is CC.CC.CC1CCC(N2CCN(C)CC2)CC1. The Kier molecular flexibility index (Phi) is 10.8. The van der Waals surface area contributed by atoms with Gasteiger partial charge in [0.05, 0.1) is 0 Å². The first-order valence-corrected chi connectivity index (χ1v) is 8.18. The average Bonchev–Trinajstić information content (AvgIpc) is 2.45. The zero-order valence-corrected chi connectivity index (χ0v) is 13.7. The van der Waals surface area contributed by atoms with Crippen LogP contribution in [0.15, 0.2) is 0 Å². The van der Waals surface area contributed by atoms with Gasteiger partial charge in [-0.15, -0.1) is 0 Å². The van der Waals surface area contributed by atoms with Gasteiger partial charge in [0.1, 0.15) is 0 Å². The molecule has 2 heteroatoms. The fourth-order valence-electron chi connectivity index (χ4n) is 2.79. The molecule has 18 heavy (non-hydrogen) atoms. The third-order valence-corrected chi connectivity index (χ3v) is 4.04. The number of hydrogen-bond acceptors (Lipinski definition) is 2. The van der Waals surface area contributed by atoms with Gasteiger partial charge in [-0.3, -0.25) is 4.90 Å². The number of piperazine rings is 1. The molecule has 1 saturated carbocycles. The predicted molar refractivity (Wildman–Crippen MR) is 83.2 cm³/mol. The van der Waals surface area contributed by atoms with Gasteiger partial charge in [0.15, 0.2) is 0 Å². The van der Waals surface area contributed by atoms with E-state index in [-0.39, 0.29) is 0 Å². The second kappa shape index (κ2) is 10.8. The van der Waals surface area contributed by atoms with Gasteiger partial charge in [-0.1, -0.05) is 34.6 Å². The van der Waals surface area contributed by atoms with Crippen molar-refractivity contribution in [3.8, 4) is 0 Å². The lowest BCUT2D eigenvalue weighted by Crippen LogP contribution is -2.49. The minimum Gasteiger partial charge on any atom is -0.304 e. The summed E-state index contributed by atoms with van der Waals surface area (Å²) in [5, 5.41) is 0. The highest BCUT2D eigenvalue weighted by molar-refractivity contribution is 4.81. The fraction of sp³-hybridized carbons (Fsp3) is 1.00. The molecule has 0 amide bonds. The Morgan fingerprint density at radius 3 is 1.61 bits per heavy atom. The third kappa shape index (κ3) is 6.19. The van der Waals surface area contributed by atoms with Crippen molar-refractivity contribution in [1.82, 2.24) is 9.80 Å². The molecule has 0 bridgehead atoms. The van der Waals surface area contributed by atoms with Crippen LogP contribution in [0.1, 0.15) is 60.3 Å². The van der Waals surface area contributed by atoms with Gasteiger partial charge in [0.2, 0.25) is 0 Å². The van der Waals surface area contributed by atoms with Crippen LogP contribution in [0.25, 0.3) is 0 Å². The van der Waals surface area contributed by atoms with Crippen molar-refractivity contribution in [2.45, 2.75) is 66.3 Å². The summed E-state index contributed by atoms with van der Waals surface area (Å²) >= 11 is 0. The highest BCUT2D eigenvalue weighted by Crippen LogP contribution is 2.27. The normalized spacial score (nSPS) is 29.7. The van der Waals surface area contributed by atoms with Crippen LogP contribution < -0.4 is 0 Å². The first-order valence-electron chi connectivity index (χ1n) is 8.18.